The highest BCUT2D eigenvalue weighted by atomic mass is 32.1. The summed E-state index contributed by atoms with van der Waals surface area (Å²) in [6, 6.07) is 7.45. The van der Waals surface area contributed by atoms with E-state index in [2.05, 4.69) is 14.9 Å². The van der Waals surface area contributed by atoms with Crippen LogP contribution >= 0.6 is 11.3 Å². The number of nitrogens with two attached hydrogens (primary N) is 2. The van der Waals surface area contributed by atoms with Gasteiger partial charge in [-0.2, -0.15) is 9.97 Å². The SMILES string of the molecule is COc1ccc(-c2nc(C(C)Oc3nc(N)cc(N)n3)c(C)s2)cc1OCCN1CCOCC1. The van der Waals surface area contributed by atoms with Gasteiger partial charge in [0.05, 0.1) is 26.0 Å². The normalized spacial score (nSPS) is 15.1. The molecule has 0 radical (unpaired) electrons. The molecule has 3 heterocycles. The van der Waals surface area contributed by atoms with Crippen LogP contribution in [-0.4, -0.2) is 66.4 Å². The summed E-state index contributed by atoms with van der Waals surface area (Å²) < 4.78 is 22.9. The van der Waals surface area contributed by atoms with Gasteiger partial charge in [-0.1, -0.05) is 0 Å². The summed E-state index contributed by atoms with van der Waals surface area (Å²) in [6.45, 7) is 8.69. The van der Waals surface area contributed by atoms with E-state index in [-0.39, 0.29) is 23.8 Å². The molecule has 11 heteroatoms. The Morgan fingerprint density at radius 1 is 1.09 bits per heavy atom. The molecule has 1 aromatic carbocycles. The third-order valence-corrected chi connectivity index (χ3v) is 6.46. The molecule has 1 fully saturated rings. The van der Waals surface area contributed by atoms with Crippen LogP contribution in [0.1, 0.15) is 23.6 Å². The third-order valence-electron chi connectivity index (χ3n) is 5.42. The van der Waals surface area contributed by atoms with Crippen LogP contribution in [0.15, 0.2) is 24.3 Å². The average Bonchev–Trinajstić information content (AvgIpc) is 3.21. The third kappa shape index (κ3) is 5.85. The molecular weight excluding hydrogens is 456 g/mol. The quantitative estimate of drug-likeness (QED) is 0.465. The number of nitrogen functional groups attached to an aromatic ring is 2. The highest BCUT2D eigenvalue weighted by Gasteiger charge is 2.20. The van der Waals surface area contributed by atoms with Crippen LogP contribution in [-0.2, 0) is 4.74 Å². The van der Waals surface area contributed by atoms with Gasteiger partial charge < -0.3 is 30.4 Å². The minimum atomic E-state index is -0.381. The maximum Gasteiger partial charge on any atom is 0.320 e. The van der Waals surface area contributed by atoms with Crippen LogP contribution in [0, 0.1) is 6.92 Å². The van der Waals surface area contributed by atoms with Gasteiger partial charge in [-0.25, -0.2) is 4.98 Å². The molecule has 1 saturated heterocycles. The number of benzene rings is 1. The number of thiazole rings is 1. The molecule has 4 N–H and O–H groups in total. The number of rotatable bonds is 9. The fourth-order valence-electron chi connectivity index (χ4n) is 3.67. The standard InChI is InChI=1S/C23H30N6O4S/c1-14(33-23-26-19(24)13-20(25)27-23)21-15(2)34-22(28-21)16-4-5-17(30-3)18(12-16)32-11-8-29-6-9-31-10-7-29/h4-5,12-14H,6-11H2,1-3H3,(H4,24,25,26,27). The van der Waals surface area contributed by atoms with Crippen molar-refractivity contribution >= 4 is 23.0 Å². The Bertz CT molecular complexity index is 1100. The van der Waals surface area contributed by atoms with Gasteiger partial charge in [0.15, 0.2) is 11.5 Å². The van der Waals surface area contributed by atoms with Crippen molar-refractivity contribution in [2.24, 2.45) is 0 Å². The van der Waals surface area contributed by atoms with Crippen molar-refractivity contribution in [2.45, 2.75) is 20.0 Å². The molecule has 0 saturated carbocycles. The minimum Gasteiger partial charge on any atom is -0.493 e. The first-order chi connectivity index (χ1) is 16.4. The first-order valence-electron chi connectivity index (χ1n) is 11.1. The predicted molar refractivity (Wildman–Crippen MR) is 131 cm³/mol. The van der Waals surface area contributed by atoms with Crippen LogP contribution in [0.25, 0.3) is 10.6 Å². The summed E-state index contributed by atoms with van der Waals surface area (Å²) in [5, 5.41) is 0.858. The predicted octanol–water partition coefficient (Wildman–Crippen LogP) is 2.93. The second-order valence-electron chi connectivity index (χ2n) is 7.89. The summed E-state index contributed by atoms with van der Waals surface area (Å²) >= 11 is 1.58. The van der Waals surface area contributed by atoms with Crippen LogP contribution in [0.4, 0.5) is 11.6 Å². The van der Waals surface area contributed by atoms with E-state index in [4.69, 9.17) is 35.4 Å². The van der Waals surface area contributed by atoms with Gasteiger partial charge in [-0.05, 0) is 32.0 Å². The summed E-state index contributed by atoms with van der Waals surface area (Å²) in [5.74, 6) is 1.89. The number of aromatic nitrogens is 3. The molecule has 1 atom stereocenters. The van der Waals surface area contributed by atoms with Crippen LogP contribution in [0.2, 0.25) is 0 Å². The highest BCUT2D eigenvalue weighted by molar-refractivity contribution is 7.15. The number of ether oxygens (including phenoxy) is 4. The van der Waals surface area contributed by atoms with E-state index < -0.39 is 0 Å². The monoisotopic (exact) mass is 486 g/mol. The average molecular weight is 487 g/mol. The summed E-state index contributed by atoms with van der Waals surface area (Å²) in [5.41, 5.74) is 13.2. The highest BCUT2D eigenvalue weighted by Crippen LogP contribution is 2.36. The molecule has 0 spiro atoms. The number of hydrogen-bond acceptors (Lipinski definition) is 11. The van der Waals surface area contributed by atoms with Crippen LogP contribution in [0.5, 0.6) is 17.5 Å². The van der Waals surface area contributed by atoms with E-state index in [0.29, 0.717) is 18.1 Å². The Balaban J connectivity index is 1.48. The Morgan fingerprint density at radius 2 is 1.82 bits per heavy atom. The number of methoxy groups -OCH3 is 1. The lowest BCUT2D eigenvalue weighted by Crippen LogP contribution is -2.38. The number of aryl methyl sites for hydroxylation is 1. The van der Waals surface area contributed by atoms with Crippen LogP contribution in [0.3, 0.4) is 0 Å². The molecule has 0 aliphatic carbocycles. The van der Waals surface area contributed by atoms with E-state index >= 15 is 0 Å². The maximum absolute atomic E-state index is 6.08. The topological polar surface area (TPSA) is 131 Å². The number of hydrogen-bond donors (Lipinski definition) is 2. The molecule has 182 valence electrons. The zero-order valence-corrected chi connectivity index (χ0v) is 20.4. The molecule has 4 rings (SSSR count). The molecule has 2 aromatic heterocycles. The zero-order chi connectivity index (χ0) is 24.1. The first kappa shape index (κ1) is 24.0. The lowest BCUT2D eigenvalue weighted by Gasteiger charge is -2.26. The van der Waals surface area contributed by atoms with Crippen molar-refractivity contribution in [3.05, 3.63) is 34.8 Å². The van der Waals surface area contributed by atoms with Crippen molar-refractivity contribution in [3.8, 4) is 28.1 Å². The largest absolute Gasteiger partial charge is 0.493 e. The van der Waals surface area contributed by atoms with Gasteiger partial charge in [-0.15, -0.1) is 11.3 Å². The van der Waals surface area contributed by atoms with Gasteiger partial charge in [0.1, 0.15) is 29.4 Å². The van der Waals surface area contributed by atoms with Crippen molar-refractivity contribution in [1.82, 2.24) is 19.9 Å². The Labute approximate surface area is 202 Å². The second kappa shape index (κ2) is 10.9. The molecule has 1 aliphatic rings. The van der Waals surface area contributed by atoms with Gasteiger partial charge in [0.2, 0.25) is 0 Å². The zero-order valence-electron chi connectivity index (χ0n) is 19.6. The molecular formula is C23H30N6O4S. The summed E-state index contributed by atoms with van der Waals surface area (Å²) in [4.78, 5) is 16.4. The first-order valence-corrected chi connectivity index (χ1v) is 11.9. The van der Waals surface area contributed by atoms with E-state index in [1.165, 1.54) is 6.07 Å². The number of morpholine rings is 1. The van der Waals surface area contributed by atoms with Crippen molar-refractivity contribution in [3.63, 3.8) is 0 Å². The Hall–Kier alpha value is -3.15. The van der Waals surface area contributed by atoms with Gasteiger partial charge in [-0.3, -0.25) is 4.90 Å². The molecule has 0 bridgehead atoms. The molecule has 0 amide bonds. The number of nitrogens with zero attached hydrogens (tertiary/aromatic N) is 4. The van der Waals surface area contributed by atoms with Crippen molar-refractivity contribution < 1.29 is 18.9 Å². The van der Waals surface area contributed by atoms with E-state index in [0.717, 1.165) is 54.0 Å². The molecule has 10 nitrogen and oxygen atoms in total. The molecule has 3 aromatic rings. The lowest BCUT2D eigenvalue weighted by atomic mass is 10.2. The smallest absolute Gasteiger partial charge is 0.320 e. The van der Waals surface area contributed by atoms with Gasteiger partial charge in [0, 0.05) is 36.1 Å². The van der Waals surface area contributed by atoms with Crippen molar-refractivity contribution in [2.75, 3.05) is 58.0 Å². The van der Waals surface area contributed by atoms with Crippen LogP contribution < -0.4 is 25.7 Å². The molecule has 1 aliphatic heterocycles. The molecule has 34 heavy (non-hydrogen) atoms. The van der Waals surface area contributed by atoms with Crippen molar-refractivity contribution in [1.29, 1.82) is 0 Å². The van der Waals surface area contributed by atoms with Gasteiger partial charge in [0.25, 0.3) is 0 Å². The summed E-state index contributed by atoms with van der Waals surface area (Å²) in [7, 11) is 1.64. The Morgan fingerprint density at radius 3 is 2.53 bits per heavy atom. The lowest BCUT2D eigenvalue weighted by molar-refractivity contribution is 0.0321. The van der Waals surface area contributed by atoms with Gasteiger partial charge >= 0.3 is 6.01 Å². The van der Waals surface area contributed by atoms with E-state index in [9.17, 15) is 0 Å². The minimum absolute atomic E-state index is 0.124. The van der Waals surface area contributed by atoms with E-state index in [1.54, 1.807) is 18.4 Å². The summed E-state index contributed by atoms with van der Waals surface area (Å²) in [6.07, 6.45) is -0.381. The van der Waals surface area contributed by atoms with E-state index in [1.807, 2.05) is 32.0 Å². The number of anilines is 2. The fraction of sp³-hybridized carbons (Fsp3) is 0.435. The fourth-order valence-corrected chi connectivity index (χ4v) is 4.66. The molecule has 1 unspecified atom stereocenters. The Kier molecular flexibility index (Phi) is 7.66. The maximum atomic E-state index is 6.08. The second-order valence-corrected chi connectivity index (χ2v) is 9.09.